The maximum absolute atomic E-state index is 5.85. The lowest BCUT2D eigenvalue weighted by Crippen LogP contribution is -2.30. The second kappa shape index (κ2) is 5.63. The lowest BCUT2D eigenvalue weighted by Gasteiger charge is -2.19. The van der Waals surface area contributed by atoms with E-state index in [9.17, 15) is 0 Å². The summed E-state index contributed by atoms with van der Waals surface area (Å²) in [5, 5.41) is 5.64. The summed E-state index contributed by atoms with van der Waals surface area (Å²) in [7, 11) is 0. The number of nitrogens with one attached hydrogen (secondary N) is 1. The van der Waals surface area contributed by atoms with Gasteiger partial charge in [0.1, 0.15) is 0 Å². The topological polar surface area (TPSA) is 21.3 Å². The number of thiophene rings is 1. The lowest BCUT2D eigenvalue weighted by atomic mass is 10.00. The van der Waals surface area contributed by atoms with Crippen LogP contribution in [0.3, 0.4) is 0 Å². The van der Waals surface area contributed by atoms with Crippen molar-refractivity contribution >= 4 is 27.3 Å². The third-order valence-electron chi connectivity index (χ3n) is 2.87. The molecule has 0 amide bonds. The smallest absolute Gasteiger partial charge is 0.0958 e. The Morgan fingerprint density at radius 3 is 3.06 bits per heavy atom. The van der Waals surface area contributed by atoms with Gasteiger partial charge in [-0.05, 0) is 28.4 Å². The minimum absolute atomic E-state index is 0.294. The molecule has 1 N–H and O–H groups in total. The Hall–Kier alpha value is 0.1000. The number of hydrogen-bond donors (Lipinski definition) is 1. The first-order valence-electron chi connectivity index (χ1n) is 5.75. The summed E-state index contributed by atoms with van der Waals surface area (Å²) in [4.78, 5) is 1.35. The van der Waals surface area contributed by atoms with Gasteiger partial charge in [0.25, 0.3) is 0 Å². The summed E-state index contributed by atoms with van der Waals surface area (Å²) >= 11 is 5.29. The zero-order valence-electron chi connectivity index (χ0n) is 9.70. The van der Waals surface area contributed by atoms with Gasteiger partial charge in [-0.15, -0.1) is 11.3 Å². The van der Waals surface area contributed by atoms with E-state index in [1.807, 2.05) is 0 Å². The van der Waals surface area contributed by atoms with Crippen LogP contribution in [0.2, 0.25) is 0 Å². The standard InChI is InChI=1S/C12H18BrNOS/c1-8(2)14-6-9-3-4-15-12(9)11-5-10(13)7-16-11/h5,7-9,12,14H,3-4,6H2,1-2H3. The highest BCUT2D eigenvalue weighted by Crippen LogP contribution is 2.38. The quantitative estimate of drug-likeness (QED) is 0.918. The van der Waals surface area contributed by atoms with E-state index in [2.05, 4.69) is 46.5 Å². The van der Waals surface area contributed by atoms with E-state index in [0.29, 0.717) is 18.1 Å². The average molecular weight is 304 g/mol. The minimum atomic E-state index is 0.294. The molecule has 2 nitrogen and oxygen atoms in total. The van der Waals surface area contributed by atoms with Gasteiger partial charge < -0.3 is 10.1 Å². The van der Waals surface area contributed by atoms with Crippen LogP contribution < -0.4 is 5.32 Å². The number of hydrogen-bond acceptors (Lipinski definition) is 3. The molecule has 1 saturated heterocycles. The maximum Gasteiger partial charge on any atom is 0.0958 e. The Morgan fingerprint density at radius 2 is 2.44 bits per heavy atom. The maximum atomic E-state index is 5.85. The van der Waals surface area contributed by atoms with E-state index >= 15 is 0 Å². The van der Waals surface area contributed by atoms with Crippen molar-refractivity contribution in [3.63, 3.8) is 0 Å². The van der Waals surface area contributed by atoms with Gasteiger partial charge in [0.15, 0.2) is 0 Å². The molecule has 1 aromatic heterocycles. The van der Waals surface area contributed by atoms with Crippen LogP contribution in [-0.2, 0) is 4.74 Å². The van der Waals surface area contributed by atoms with Crippen LogP contribution in [0.25, 0.3) is 0 Å². The second-order valence-corrected chi connectivity index (χ2v) is 6.43. The van der Waals surface area contributed by atoms with Crippen molar-refractivity contribution in [2.45, 2.75) is 32.4 Å². The molecule has 2 heterocycles. The van der Waals surface area contributed by atoms with E-state index in [1.165, 1.54) is 15.8 Å². The van der Waals surface area contributed by atoms with E-state index in [-0.39, 0.29) is 0 Å². The highest BCUT2D eigenvalue weighted by Gasteiger charge is 2.30. The van der Waals surface area contributed by atoms with Crippen LogP contribution >= 0.6 is 27.3 Å². The van der Waals surface area contributed by atoms with Gasteiger partial charge in [0.2, 0.25) is 0 Å². The summed E-state index contributed by atoms with van der Waals surface area (Å²) in [5.41, 5.74) is 0. The van der Waals surface area contributed by atoms with Crippen molar-refractivity contribution in [1.82, 2.24) is 5.32 Å². The molecule has 0 radical (unpaired) electrons. The Kier molecular flexibility index (Phi) is 4.41. The summed E-state index contributed by atoms with van der Waals surface area (Å²) in [6, 6.07) is 2.74. The zero-order chi connectivity index (χ0) is 11.5. The van der Waals surface area contributed by atoms with Crippen LogP contribution in [0.4, 0.5) is 0 Å². The fraction of sp³-hybridized carbons (Fsp3) is 0.667. The molecule has 0 aliphatic carbocycles. The molecule has 1 fully saturated rings. The van der Waals surface area contributed by atoms with Gasteiger partial charge in [0.05, 0.1) is 6.10 Å². The monoisotopic (exact) mass is 303 g/mol. The molecule has 0 bridgehead atoms. The Bertz CT molecular complexity index is 340. The fourth-order valence-electron chi connectivity index (χ4n) is 2.02. The lowest BCUT2D eigenvalue weighted by molar-refractivity contribution is 0.0929. The highest BCUT2D eigenvalue weighted by atomic mass is 79.9. The summed E-state index contributed by atoms with van der Waals surface area (Å²) < 4.78 is 7.01. The Morgan fingerprint density at radius 1 is 1.62 bits per heavy atom. The third kappa shape index (κ3) is 3.06. The van der Waals surface area contributed by atoms with E-state index < -0.39 is 0 Å². The summed E-state index contributed by atoms with van der Waals surface area (Å²) in [5.74, 6) is 0.618. The molecule has 2 atom stereocenters. The van der Waals surface area contributed by atoms with Crippen molar-refractivity contribution in [3.8, 4) is 0 Å². The molecule has 0 spiro atoms. The molecule has 2 rings (SSSR count). The zero-order valence-corrected chi connectivity index (χ0v) is 12.1. The van der Waals surface area contributed by atoms with Crippen LogP contribution in [0.5, 0.6) is 0 Å². The third-order valence-corrected chi connectivity index (χ3v) is 4.63. The normalized spacial score (nSPS) is 25.5. The molecule has 16 heavy (non-hydrogen) atoms. The van der Waals surface area contributed by atoms with Crippen LogP contribution in [0.1, 0.15) is 31.2 Å². The number of ether oxygens (including phenoxy) is 1. The first-order chi connectivity index (χ1) is 7.66. The van der Waals surface area contributed by atoms with Crippen LogP contribution in [0.15, 0.2) is 15.9 Å². The highest BCUT2D eigenvalue weighted by molar-refractivity contribution is 9.10. The van der Waals surface area contributed by atoms with Crippen molar-refractivity contribution < 1.29 is 4.74 Å². The van der Waals surface area contributed by atoms with Gasteiger partial charge in [-0.1, -0.05) is 13.8 Å². The first-order valence-corrected chi connectivity index (χ1v) is 7.43. The molecule has 90 valence electrons. The Balaban J connectivity index is 1.98. The fourth-order valence-corrected chi connectivity index (χ4v) is 3.61. The Labute approximate surface area is 110 Å². The van der Waals surface area contributed by atoms with Crippen molar-refractivity contribution in [3.05, 3.63) is 20.8 Å². The van der Waals surface area contributed by atoms with Gasteiger partial charge in [0, 0.05) is 39.8 Å². The molecule has 4 heteroatoms. The first kappa shape index (κ1) is 12.6. The molecule has 1 aliphatic heterocycles. The van der Waals surface area contributed by atoms with Gasteiger partial charge in [-0.25, -0.2) is 0 Å². The summed E-state index contributed by atoms with van der Waals surface area (Å²) in [6.45, 7) is 6.32. The molecule has 1 aliphatic rings. The van der Waals surface area contributed by atoms with Crippen molar-refractivity contribution in [2.75, 3.05) is 13.2 Å². The molecular weight excluding hydrogens is 286 g/mol. The SMILES string of the molecule is CC(C)NCC1CCOC1c1cc(Br)cs1. The van der Waals surface area contributed by atoms with E-state index in [0.717, 1.165) is 13.2 Å². The predicted molar refractivity (Wildman–Crippen MR) is 72.0 cm³/mol. The van der Waals surface area contributed by atoms with Gasteiger partial charge in [-0.2, -0.15) is 0 Å². The van der Waals surface area contributed by atoms with Crippen molar-refractivity contribution in [2.24, 2.45) is 5.92 Å². The second-order valence-electron chi connectivity index (χ2n) is 4.57. The predicted octanol–water partition coefficient (Wildman–Crippen LogP) is 3.59. The molecule has 0 aromatic carbocycles. The van der Waals surface area contributed by atoms with Crippen molar-refractivity contribution in [1.29, 1.82) is 0 Å². The van der Waals surface area contributed by atoms with Crippen LogP contribution in [0, 0.1) is 5.92 Å². The van der Waals surface area contributed by atoms with Crippen LogP contribution in [-0.4, -0.2) is 19.2 Å². The van der Waals surface area contributed by atoms with Gasteiger partial charge >= 0.3 is 0 Å². The molecule has 0 saturated carbocycles. The van der Waals surface area contributed by atoms with Gasteiger partial charge in [-0.3, -0.25) is 0 Å². The van der Waals surface area contributed by atoms with E-state index in [4.69, 9.17) is 4.74 Å². The molecule has 1 aromatic rings. The number of halogens is 1. The number of rotatable bonds is 4. The molecule has 2 unspecified atom stereocenters. The van der Waals surface area contributed by atoms with E-state index in [1.54, 1.807) is 11.3 Å². The molecular formula is C12H18BrNOS. The average Bonchev–Trinajstić information content (AvgIpc) is 2.82. The minimum Gasteiger partial charge on any atom is -0.372 e. The largest absolute Gasteiger partial charge is 0.372 e. The summed E-state index contributed by atoms with van der Waals surface area (Å²) in [6.07, 6.45) is 1.46.